The summed E-state index contributed by atoms with van der Waals surface area (Å²) in [5.41, 5.74) is 0. The van der Waals surface area contributed by atoms with Gasteiger partial charge in [0, 0.05) is 6.04 Å². The molecule has 0 aromatic heterocycles. The fraction of sp³-hybridized carbons (Fsp3) is 0.818. The summed E-state index contributed by atoms with van der Waals surface area (Å²) in [6.07, 6.45) is 1.69. The first-order valence-corrected chi connectivity index (χ1v) is 7.53. The predicted octanol–water partition coefficient (Wildman–Crippen LogP) is 0.646. The molecule has 0 aliphatic heterocycles. The summed E-state index contributed by atoms with van der Waals surface area (Å²) in [7, 11) is -3.74. The third kappa shape index (κ3) is 3.43. The molecule has 1 aliphatic carbocycles. The molecule has 1 fully saturated rings. The molecule has 0 saturated heterocycles. The highest BCUT2D eigenvalue weighted by molar-refractivity contribution is 7.90. The van der Waals surface area contributed by atoms with E-state index in [0.717, 1.165) is 17.1 Å². The fourth-order valence-corrected chi connectivity index (χ4v) is 3.45. The summed E-state index contributed by atoms with van der Waals surface area (Å²) in [5, 5.41) is 7.79. The second kappa shape index (κ2) is 6.16. The lowest BCUT2D eigenvalue weighted by Gasteiger charge is -2.22. The van der Waals surface area contributed by atoms with Crippen molar-refractivity contribution in [3.05, 3.63) is 0 Å². The van der Waals surface area contributed by atoms with Crippen molar-refractivity contribution in [2.75, 3.05) is 13.2 Å². The number of carbonyl (C=O) groups is 1. The summed E-state index contributed by atoms with van der Waals surface area (Å²) >= 11 is 0. The molecule has 0 heterocycles. The fourth-order valence-electron chi connectivity index (χ4n) is 1.66. The minimum atomic E-state index is -3.74. The van der Waals surface area contributed by atoms with Gasteiger partial charge in [-0.1, -0.05) is 6.92 Å². The lowest BCUT2D eigenvalue weighted by Crippen LogP contribution is -2.43. The minimum Gasteiger partial charge on any atom is -0.465 e. The average molecular weight is 274 g/mol. The molecule has 1 unspecified atom stereocenters. The molecule has 0 spiro atoms. The minimum absolute atomic E-state index is 0.151. The largest absolute Gasteiger partial charge is 0.465 e. The Hall–Kier alpha value is -1.13. The van der Waals surface area contributed by atoms with E-state index in [-0.39, 0.29) is 25.6 Å². The number of esters is 1. The summed E-state index contributed by atoms with van der Waals surface area (Å²) < 4.78 is 30.3. The van der Waals surface area contributed by atoms with Crippen LogP contribution in [0.5, 0.6) is 0 Å². The zero-order chi connectivity index (χ0) is 13.8. The third-order valence-corrected chi connectivity index (χ3v) is 4.98. The van der Waals surface area contributed by atoms with Gasteiger partial charge in [0.25, 0.3) is 0 Å². The van der Waals surface area contributed by atoms with Crippen molar-refractivity contribution in [1.29, 1.82) is 5.26 Å². The number of carbonyl (C=O) groups excluding carboxylic acids is 1. The quantitative estimate of drug-likeness (QED) is 0.636. The lowest BCUT2D eigenvalue weighted by atomic mass is 10.4. The molecule has 7 heteroatoms. The van der Waals surface area contributed by atoms with E-state index >= 15 is 0 Å². The monoisotopic (exact) mass is 274 g/mol. The van der Waals surface area contributed by atoms with Gasteiger partial charge in [0.1, 0.15) is 6.54 Å². The van der Waals surface area contributed by atoms with Crippen molar-refractivity contribution >= 4 is 16.0 Å². The maximum atomic E-state index is 12.2. The molecule has 1 atom stereocenters. The molecular weight excluding hydrogens is 256 g/mol. The van der Waals surface area contributed by atoms with Gasteiger partial charge in [0.05, 0.1) is 12.7 Å². The molecule has 0 amide bonds. The van der Waals surface area contributed by atoms with Crippen LogP contribution in [0.25, 0.3) is 0 Å². The van der Waals surface area contributed by atoms with Crippen molar-refractivity contribution < 1.29 is 17.9 Å². The molecule has 0 radical (unpaired) electrons. The summed E-state index contributed by atoms with van der Waals surface area (Å²) in [4.78, 5) is 11.4. The molecule has 0 aromatic carbocycles. The van der Waals surface area contributed by atoms with Gasteiger partial charge in [-0.15, -0.1) is 0 Å². The normalized spacial score (nSPS) is 17.2. The Morgan fingerprint density at radius 1 is 1.50 bits per heavy atom. The predicted molar refractivity (Wildman–Crippen MR) is 65.0 cm³/mol. The standard InChI is InChI=1S/C11H18N2O4S/c1-3-10(7-12)18(15,16)13(9-5-6-9)8-11(14)17-4-2/h9-10H,3-6,8H2,1-2H3. The molecule has 0 bridgehead atoms. The van der Waals surface area contributed by atoms with Crippen LogP contribution in [0.15, 0.2) is 0 Å². The van der Waals surface area contributed by atoms with Gasteiger partial charge in [-0.3, -0.25) is 4.79 Å². The number of hydrogen-bond acceptors (Lipinski definition) is 5. The third-order valence-electron chi connectivity index (χ3n) is 2.75. The van der Waals surface area contributed by atoms with Gasteiger partial charge in [0.15, 0.2) is 5.25 Å². The van der Waals surface area contributed by atoms with Crippen molar-refractivity contribution in [1.82, 2.24) is 4.31 Å². The molecule has 18 heavy (non-hydrogen) atoms. The molecule has 0 aromatic rings. The van der Waals surface area contributed by atoms with Crippen LogP contribution in [0.1, 0.15) is 33.1 Å². The lowest BCUT2D eigenvalue weighted by molar-refractivity contribution is -0.143. The van der Waals surface area contributed by atoms with Crippen molar-refractivity contribution in [3.63, 3.8) is 0 Å². The molecule has 0 N–H and O–H groups in total. The van der Waals surface area contributed by atoms with Gasteiger partial charge in [-0.05, 0) is 26.2 Å². The maximum absolute atomic E-state index is 12.2. The Bertz CT molecular complexity index is 436. The second-order valence-corrected chi connectivity index (χ2v) is 6.22. The molecule has 6 nitrogen and oxygen atoms in total. The number of nitriles is 1. The van der Waals surface area contributed by atoms with Crippen LogP contribution in [-0.4, -0.2) is 43.1 Å². The molecule has 102 valence electrons. The average Bonchev–Trinajstić information content (AvgIpc) is 3.11. The highest BCUT2D eigenvalue weighted by atomic mass is 32.2. The van der Waals surface area contributed by atoms with Crippen molar-refractivity contribution in [2.45, 2.75) is 44.4 Å². The molecule has 1 rings (SSSR count). The Balaban J connectivity index is 2.85. The summed E-state index contributed by atoms with van der Waals surface area (Å²) in [5.74, 6) is -0.569. The van der Waals surface area contributed by atoms with Crippen LogP contribution < -0.4 is 0 Å². The van der Waals surface area contributed by atoms with Gasteiger partial charge >= 0.3 is 5.97 Å². The molecular formula is C11H18N2O4S. The number of nitrogens with zero attached hydrogens (tertiary/aromatic N) is 2. The van der Waals surface area contributed by atoms with E-state index in [1.165, 1.54) is 0 Å². The van der Waals surface area contributed by atoms with E-state index in [4.69, 9.17) is 10.00 Å². The van der Waals surface area contributed by atoms with Crippen LogP contribution in [0.4, 0.5) is 0 Å². The summed E-state index contributed by atoms with van der Waals surface area (Å²) in [6, 6.07) is 1.63. The van der Waals surface area contributed by atoms with Crippen LogP contribution in [-0.2, 0) is 19.6 Å². The van der Waals surface area contributed by atoms with Crippen LogP contribution in [0.2, 0.25) is 0 Å². The van der Waals surface area contributed by atoms with E-state index in [1.807, 2.05) is 0 Å². The van der Waals surface area contributed by atoms with Crippen LogP contribution in [0.3, 0.4) is 0 Å². The first kappa shape index (κ1) is 14.9. The number of rotatable bonds is 7. The van der Waals surface area contributed by atoms with E-state index in [9.17, 15) is 13.2 Å². The maximum Gasteiger partial charge on any atom is 0.321 e. The van der Waals surface area contributed by atoms with Crippen LogP contribution in [0, 0.1) is 11.3 Å². The van der Waals surface area contributed by atoms with Crippen molar-refractivity contribution in [2.24, 2.45) is 0 Å². The first-order chi connectivity index (χ1) is 8.47. The van der Waals surface area contributed by atoms with Gasteiger partial charge in [-0.25, -0.2) is 8.42 Å². The Morgan fingerprint density at radius 3 is 2.50 bits per heavy atom. The SMILES string of the molecule is CCOC(=O)CN(C1CC1)S(=O)(=O)C(C#N)CC. The van der Waals surface area contributed by atoms with Crippen molar-refractivity contribution in [3.8, 4) is 6.07 Å². The Kier molecular flexibility index (Phi) is 5.11. The van der Waals surface area contributed by atoms with Gasteiger partial charge < -0.3 is 4.74 Å². The Labute approximate surface area is 108 Å². The van der Waals surface area contributed by atoms with E-state index in [0.29, 0.717) is 0 Å². The zero-order valence-electron chi connectivity index (χ0n) is 10.6. The van der Waals surface area contributed by atoms with Crippen LogP contribution >= 0.6 is 0 Å². The topological polar surface area (TPSA) is 87.5 Å². The van der Waals surface area contributed by atoms with E-state index < -0.39 is 21.2 Å². The van der Waals surface area contributed by atoms with E-state index in [1.54, 1.807) is 19.9 Å². The number of sulfonamides is 1. The first-order valence-electron chi connectivity index (χ1n) is 6.03. The smallest absolute Gasteiger partial charge is 0.321 e. The highest BCUT2D eigenvalue weighted by Gasteiger charge is 2.42. The Morgan fingerprint density at radius 2 is 2.11 bits per heavy atom. The van der Waals surface area contributed by atoms with E-state index in [2.05, 4.69) is 0 Å². The second-order valence-electron chi connectivity index (χ2n) is 4.15. The zero-order valence-corrected chi connectivity index (χ0v) is 11.4. The van der Waals surface area contributed by atoms with Gasteiger partial charge in [-0.2, -0.15) is 9.57 Å². The van der Waals surface area contributed by atoms with Gasteiger partial charge in [0.2, 0.25) is 10.0 Å². The number of ether oxygens (including phenoxy) is 1. The highest BCUT2D eigenvalue weighted by Crippen LogP contribution is 2.31. The summed E-state index contributed by atoms with van der Waals surface area (Å²) in [6.45, 7) is 3.23. The molecule has 1 aliphatic rings. The molecule has 1 saturated carbocycles. The number of hydrogen-bond donors (Lipinski definition) is 0.